The van der Waals surface area contributed by atoms with Crippen LogP contribution in [0.15, 0.2) is 24.3 Å². The van der Waals surface area contributed by atoms with E-state index in [1.165, 1.54) is 0 Å². The molecule has 1 rings (SSSR count). The number of hydrogen-bond acceptors (Lipinski definition) is 3. The summed E-state index contributed by atoms with van der Waals surface area (Å²) in [4.78, 5) is 13.3. The Hall–Kier alpha value is -1.55. The molecule has 1 aromatic rings. The number of rotatable bonds is 7. The van der Waals surface area contributed by atoms with Gasteiger partial charge in [0.15, 0.2) is 0 Å². The first kappa shape index (κ1) is 14.5. The summed E-state index contributed by atoms with van der Waals surface area (Å²) >= 11 is 0. The lowest BCUT2D eigenvalue weighted by Gasteiger charge is -2.29. The molecule has 4 N–H and O–H groups in total. The van der Waals surface area contributed by atoms with Crippen LogP contribution in [0.1, 0.15) is 32.3 Å². The lowest BCUT2D eigenvalue weighted by atomic mass is 10.1. The van der Waals surface area contributed by atoms with Crippen LogP contribution in [0.25, 0.3) is 0 Å². The third-order valence-electron chi connectivity index (χ3n) is 3.15. The second kappa shape index (κ2) is 7.01. The van der Waals surface area contributed by atoms with Crippen LogP contribution in [0, 0.1) is 0 Å². The summed E-state index contributed by atoms with van der Waals surface area (Å²) in [7, 11) is 0. The summed E-state index contributed by atoms with van der Waals surface area (Å²) in [6.45, 7) is 5.25. The van der Waals surface area contributed by atoms with Crippen molar-refractivity contribution in [3.63, 3.8) is 0 Å². The van der Waals surface area contributed by atoms with Gasteiger partial charge in [0, 0.05) is 18.3 Å². The summed E-state index contributed by atoms with van der Waals surface area (Å²) in [5.74, 6) is -0.286. The van der Waals surface area contributed by atoms with Gasteiger partial charge in [-0.1, -0.05) is 26.0 Å². The van der Waals surface area contributed by atoms with Crippen molar-refractivity contribution >= 4 is 11.6 Å². The topological polar surface area (TPSA) is 72.3 Å². The van der Waals surface area contributed by atoms with Gasteiger partial charge in [-0.25, -0.2) is 0 Å². The zero-order valence-electron chi connectivity index (χ0n) is 11.2. The number of amides is 1. The van der Waals surface area contributed by atoms with Crippen LogP contribution in [0.5, 0.6) is 0 Å². The largest absolute Gasteiger partial charge is 0.399 e. The van der Waals surface area contributed by atoms with Crippen LogP contribution in [-0.2, 0) is 11.3 Å². The molecule has 0 unspecified atom stereocenters. The van der Waals surface area contributed by atoms with Crippen molar-refractivity contribution in [2.24, 2.45) is 5.73 Å². The van der Waals surface area contributed by atoms with E-state index in [2.05, 4.69) is 18.7 Å². The lowest BCUT2D eigenvalue weighted by molar-refractivity contribution is -0.119. The van der Waals surface area contributed by atoms with Crippen molar-refractivity contribution in [2.45, 2.75) is 39.3 Å². The molecule has 0 saturated heterocycles. The van der Waals surface area contributed by atoms with Gasteiger partial charge >= 0.3 is 0 Å². The molecule has 0 spiro atoms. The summed E-state index contributed by atoms with van der Waals surface area (Å²) in [6.07, 6.45) is 2.01. The van der Waals surface area contributed by atoms with Gasteiger partial charge in [-0.2, -0.15) is 0 Å². The molecular formula is C14H23N3O. The van der Waals surface area contributed by atoms with Crippen LogP contribution in [-0.4, -0.2) is 23.4 Å². The zero-order chi connectivity index (χ0) is 13.5. The third-order valence-corrected chi connectivity index (χ3v) is 3.15. The van der Waals surface area contributed by atoms with E-state index in [-0.39, 0.29) is 5.91 Å². The molecule has 0 aliphatic rings. The summed E-state index contributed by atoms with van der Waals surface area (Å²) in [5, 5.41) is 0. The van der Waals surface area contributed by atoms with Gasteiger partial charge in [0.05, 0.1) is 6.54 Å². The fraction of sp³-hybridized carbons (Fsp3) is 0.500. The van der Waals surface area contributed by atoms with Gasteiger partial charge < -0.3 is 11.5 Å². The van der Waals surface area contributed by atoms with Gasteiger partial charge in [0.1, 0.15) is 0 Å². The van der Waals surface area contributed by atoms with E-state index in [0.717, 1.165) is 24.1 Å². The van der Waals surface area contributed by atoms with Crippen LogP contribution >= 0.6 is 0 Å². The highest BCUT2D eigenvalue weighted by Crippen LogP contribution is 2.15. The van der Waals surface area contributed by atoms with Crippen molar-refractivity contribution in [2.75, 3.05) is 12.3 Å². The van der Waals surface area contributed by atoms with Gasteiger partial charge in [-0.15, -0.1) is 0 Å². The van der Waals surface area contributed by atoms with Gasteiger partial charge in [-0.05, 0) is 30.5 Å². The SMILES string of the molecule is CCC(CC)N(CC(N)=O)Cc1cccc(N)c1. The molecule has 0 saturated carbocycles. The number of nitrogen functional groups attached to an aromatic ring is 1. The molecule has 0 aliphatic heterocycles. The molecule has 0 atom stereocenters. The van der Waals surface area contributed by atoms with E-state index in [0.29, 0.717) is 19.1 Å². The first-order valence-electron chi connectivity index (χ1n) is 6.43. The Morgan fingerprint density at radius 2 is 2.00 bits per heavy atom. The van der Waals surface area contributed by atoms with Gasteiger partial charge in [0.25, 0.3) is 0 Å². The summed E-state index contributed by atoms with van der Waals surface area (Å²) < 4.78 is 0. The molecule has 4 heteroatoms. The van der Waals surface area contributed by atoms with Crippen LogP contribution in [0.3, 0.4) is 0 Å². The molecule has 0 aromatic heterocycles. The van der Waals surface area contributed by atoms with Crippen LogP contribution < -0.4 is 11.5 Å². The Bertz CT molecular complexity index is 388. The second-order valence-corrected chi connectivity index (χ2v) is 4.59. The predicted octanol–water partition coefficient (Wildman–Crippen LogP) is 1.74. The van der Waals surface area contributed by atoms with E-state index in [1.807, 2.05) is 24.3 Å². The molecular weight excluding hydrogens is 226 g/mol. The number of carbonyl (C=O) groups excluding carboxylic acids is 1. The Labute approximate surface area is 109 Å². The first-order chi connectivity index (χ1) is 8.56. The number of primary amides is 1. The van der Waals surface area contributed by atoms with Crippen molar-refractivity contribution < 1.29 is 4.79 Å². The maximum Gasteiger partial charge on any atom is 0.231 e. The fourth-order valence-corrected chi connectivity index (χ4v) is 2.25. The average molecular weight is 249 g/mol. The number of carbonyl (C=O) groups is 1. The highest BCUT2D eigenvalue weighted by Gasteiger charge is 2.17. The summed E-state index contributed by atoms with van der Waals surface area (Å²) in [6, 6.07) is 8.13. The summed E-state index contributed by atoms with van der Waals surface area (Å²) in [5.41, 5.74) is 12.9. The number of benzene rings is 1. The van der Waals surface area contributed by atoms with E-state index >= 15 is 0 Å². The van der Waals surface area contributed by atoms with E-state index in [4.69, 9.17) is 11.5 Å². The van der Waals surface area contributed by atoms with Crippen molar-refractivity contribution in [3.05, 3.63) is 29.8 Å². The number of nitrogens with zero attached hydrogens (tertiary/aromatic N) is 1. The van der Waals surface area contributed by atoms with Crippen LogP contribution in [0.2, 0.25) is 0 Å². The molecule has 4 nitrogen and oxygen atoms in total. The smallest absolute Gasteiger partial charge is 0.231 e. The zero-order valence-corrected chi connectivity index (χ0v) is 11.2. The lowest BCUT2D eigenvalue weighted by Crippen LogP contribution is -2.40. The fourth-order valence-electron chi connectivity index (χ4n) is 2.25. The number of anilines is 1. The Balaban J connectivity index is 2.80. The minimum Gasteiger partial charge on any atom is -0.399 e. The second-order valence-electron chi connectivity index (χ2n) is 4.59. The molecule has 0 aliphatic carbocycles. The van der Waals surface area contributed by atoms with E-state index < -0.39 is 0 Å². The molecule has 100 valence electrons. The minimum absolute atomic E-state index is 0.286. The quantitative estimate of drug-likeness (QED) is 0.723. The Morgan fingerprint density at radius 1 is 1.33 bits per heavy atom. The number of nitrogens with two attached hydrogens (primary N) is 2. The van der Waals surface area contributed by atoms with Crippen molar-refractivity contribution in [1.29, 1.82) is 0 Å². The monoisotopic (exact) mass is 249 g/mol. The maximum absolute atomic E-state index is 11.2. The molecule has 1 aromatic carbocycles. The Kier molecular flexibility index (Phi) is 5.65. The highest BCUT2D eigenvalue weighted by molar-refractivity contribution is 5.76. The Morgan fingerprint density at radius 3 is 2.50 bits per heavy atom. The third kappa shape index (κ3) is 4.37. The minimum atomic E-state index is -0.286. The van der Waals surface area contributed by atoms with E-state index in [1.54, 1.807) is 0 Å². The standard InChI is InChI=1S/C14H23N3O/c1-3-13(4-2)17(10-14(16)18)9-11-6-5-7-12(15)8-11/h5-8,13H,3-4,9-10,15H2,1-2H3,(H2,16,18). The van der Waals surface area contributed by atoms with Crippen molar-refractivity contribution in [3.8, 4) is 0 Å². The molecule has 0 heterocycles. The van der Waals surface area contributed by atoms with Crippen molar-refractivity contribution in [1.82, 2.24) is 4.90 Å². The first-order valence-corrected chi connectivity index (χ1v) is 6.43. The highest BCUT2D eigenvalue weighted by atomic mass is 16.1. The van der Waals surface area contributed by atoms with Crippen LogP contribution in [0.4, 0.5) is 5.69 Å². The number of hydrogen-bond donors (Lipinski definition) is 2. The molecule has 0 fully saturated rings. The molecule has 0 bridgehead atoms. The van der Waals surface area contributed by atoms with Gasteiger partial charge in [0.2, 0.25) is 5.91 Å². The molecule has 18 heavy (non-hydrogen) atoms. The van der Waals surface area contributed by atoms with Gasteiger partial charge in [-0.3, -0.25) is 9.69 Å². The average Bonchev–Trinajstić information content (AvgIpc) is 2.29. The predicted molar refractivity (Wildman–Crippen MR) is 74.8 cm³/mol. The molecule has 1 amide bonds. The van der Waals surface area contributed by atoms with E-state index in [9.17, 15) is 4.79 Å². The normalized spacial score (nSPS) is 11.1. The maximum atomic E-state index is 11.2. The molecule has 0 radical (unpaired) electrons.